The third-order valence-electron chi connectivity index (χ3n) is 13.6. The van der Waals surface area contributed by atoms with Gasteiger partial charge < -0.3 is 40.0 Å². The van der Waals surface area contributed by atoms with Crippen LogP contribution >= 0.6 is 0 Å². The highest BCUT2D eigenvalue weighted by atomic mass is 16.6. The maximum absolute atomic E-state index is 14.4. The number of piperidine rings is 4. The van der Waals surface area contributed by atoms with Gasteiger partial charge in [-0.05, 0) is 162 Å². The molecule has 14 nitrogen and oxygen atoms in total. The van der Waals surface area contributed by atoms with Gasteiger partial charge in [0, 0.05) is 50.7 Å². The first-order chi connectivity index (χ1) is 26.5. The molecule has 0 bridgehead atoms. The number of hydrogen-bond donors (Lipinski definition) is 4. The molecule has 14 heteroatoms. The lowest BCUT2D eigenvalue weighted by Gasteiger charge is -2.51. The van der Waals surface area contributed by atoms with Gasteiger partial charge in [-0.25, -0.2) is 0 Å². The summed E-state index contributed by atoms with van der Waals surface area (Å²) in [6.07, 6.45) is -1.55. The molecule has 0 amide bonds. The van der Waals surface area contributed by atoms with Gasteiger partial charge in [-0.3, -0.25) is 19.2 Å². The van der Waals surface area contributed by atoms with E-state index in [2.05, 4.69) is 10.6 Å². The zero-order valence-electron chi connectivity index (χ0n) is 39.0. The molecule has 338 valence electrons. The Labute approximate surface area is 353 Å². The first-order valence-corrected chi connectivity index (χ1v) is 21.9. The van der Waals surface area contributed by atoms with Crippen molar-refractivity contribution in [2.24, 2.45) is 23.7 Å². The maximum atomic E-state index is 14.4. The number of hydrogen-bond acceptors (Lipinski definition) is 14. The molecule has 59 heavy (non-hydrogen) atoms. The summed E-state index contributed by atoms with van der Waals surface area (Å²) >= 11 is 0. The van der Waals surface area contributed by atoms with E-state index in [1.54, 1.807) is 0 Å². The van der Waals surface area contributed by atoms with Crippen LogP contribution in [0.25, 0.3) is 0 Å². The van der Waals surface area contributed by atoms with E-state index in [-0.39, 0.29) is 28.6 Å². The molecule has 4 unspecified atom stereocenters. The van der Waals surface area contributed by atoms with E-state index in [4.69, 9.17) is 18.9 Å². The molecule has 4 aliphatic heterocycles. The van der Waals surface area contributed by atoms with Gasteiger partial charge in [-0.15, -0.1) is 0 Å². The molecule has 0 aromatic heterocycles. The fourth-order valence-electron chi connectivity index (χ4n) is 12.2. The molecule has 4 atom stereocenters. The summed E-state index contributed by atoms with van der Waals surface area (Å²) in [5.74, 6) is -4.25. The largest absolute Gasteiger partial charge is 0.458 e. The van der Waals surface area contributed by atoms with Gasteiger partial charge in [0.1, 0.15) is 12.2 Å². The van der Waals surface area contributed by atoms with Crippen molar-refractivity contribution in [3.05, 3.63) is 0 Å². The second-order valence-electron chi connectivity index (χ2n) is 24.1. The Balaban J connectivity index is 1.52. The molecule has 5 aliphatic rings. The van der Waals surface area contributed by atoms with Gasteiger partial charge in [0.05, 0.1) is 23.7 Å². The van der Waals surface area contributed by atoms with Crippen molar-refractivity contribution in [2.75, 3.05) is 0 Å². The summed E-state index contributed by atoms with van der Waals surface area (Å²) in [5, 5.41) is 31.8. The van der Waals surface area contributed by atoms with Crippen LogP contribution in [0.2, 0.25) is 0 Å². The van der Waals surface area contributed by atoms with Crippen LogP contribution in [0.5, 0.6) is 0 Å². The fourth-order valence-corrected chi connectivity index (χ4v) is 12.2. The molecule has 0 aromatic carbocycles. The zero-order chi connectivity index (χ0) is 44.7. The van der Waals surface area contributed by atoms with Crippen LogP contribution < -0.4 is 10.6 Å². The molecule has 5 fully saturated rings. The van der Waals surface area contributed by atoms with E-state index in [0.29, 0.717) is 51.4 Å². The maximum Gasteiger partial charge on any atom is 0.309 e. The highest BCUT2D eigenvalue weighted by Gasteiger charge is 2.57. The Morgan fingerprint density at radius 2 is 0.627 bits per heavy atom. The summed E-state index contributed by atoms with van der Waals surface area (Å²) in [6.45, 7) is 31.3. The average molecular weight is 835 g/mol. The minimum Gasteiger partial charge on any atom is -0.458 e. The number of nitrogens with one attached hydrogen (secondary N) is 2. The highest BCUT2D eigenvalue weighted by Crippen LogP contribution is 2.45. The summed E-state index contributed by atoms with van der Waals surface area (Å²) < 4.78 is 25.6. The van der Waals surface area contributed by atoms with Gasteiger partial charge in [-0.1, -0.05) is 0 Å². The Bertz CT molecular complexity index is 1550. The van der Waals surface area contributed by atoms with Gasteiger partial charge in [0.2, 0.25) is 0 Å². The predicted molar refractivity (Wildman–Crippen MR) is 221 cm³/mol. The smallest absolute Gasteiger partial charge is 0.309 e. The lowest BCUT2D eigenvalue weighted by molar-refractivity contribution is -0.253. The number of rotatable bonds is 8. The zero-order valence-corrected chi connectivity index (χ0v) is 39.0. The lowest BCUT2D eigenvalue weighted by atomic mass is 9.75. The summed E-state index contributed by atoms with van der Waals surface area (Å²) in [7, 11) is 0. The lowest BCUT2D eigenvalue weighted by Crippen LogP contribution is -2.60. The third kappa shape index (κ3) is 10.8. The third-order valence-corrected chi connectivity index (χ3v) is 13.6. The van der Waals surface area contributed by atoms with E-state index in [1.165, 1.54) is 10.1 Å². The molecule has 1 aliphatic carbocycles. The normalized spacial score (nSPS) is 33.1. The quantitative estimate of drug-likeness (QED) is 0.155. The molecule has 0 aromatic rings. The number of carbonyl (C=O) groups excluding carboxylic acids is 4. The molecule has 5 rings (SSSR count). The topological polar surface area (TPSA) is 176 Å². The number of esters is 4. The van der Waals surface area contributed by atoms with Crippen molar-refractivity contribution in [3.8, 4) is 0 Å². The van der Waals surface area contributed by atoms with Crippen LogP contribution in [0.4, 0.5) is 0 Å². The van der Waals surface area contributed by atoms with Crippen molar-refractivity contribution in [3.63, 3.8) is 0 Å². The molecule has 0 radical (unpaired) electrons. The predicted octanol–water partition coefficient (Wildman–Crippen LogP) is 6.47. The SMILES string of the molecule is CC1(C)CC(C(=O)OC2CC(OC(=O)C3CC(C)(C)N(O)C(C)(C)C3)C(OC(=O)C3CC(C)(C)NC(C)(C)C3)C2OC(=O)C2CC(C)(C)N(O)C(C)(C)C2)CC(C)(C)N1. The minimum atomic E-state index is -1.27. The van der Waals surface area contributed by atoms with E-state index in [0.717, 1.165) is 0 Å². The molecule has 4 N–H and O–H groups in total. The van der Waals surface area contributed by atoms with Crippen LogP contribution in [0, 0.1) is 23.7 Å². The molecule has 0 spiro atoms. The van der Waals surface area contributed by atoms with Gasteiger partial charge in [0.25, 0.3) is 0 Å². The van der Waals surface area contributed by atoms with Crippen LogP contribution in [-0.4, -0.2) is 113 Å². The summed E-state index contributed by atoms with van der Waals surface area (Å²) in [4.78, 5) is 57.4. The van der Waals surface area contributed by atoms with Crippen molar-refractivity contribution in [1.29, 1.82) is 0 Å². The van der Waals surface area contributed by atoms with E-state index >= 15 is 0 Å². The Morgan fingerprint density at radius 1 is 0.407 bits per heavy atom. The average Bonchev–Trinajstić information content (AvgIpc) is 3.32. The van der Waals surface area contributed by atoms with Crippen molar-refractivity contribution < 1.29 is 48.5 Å². The van der Waals surface area contributed by atoms with Gasteiger partial charge in [0.15, 0.2) is 12.2 Å². The fraction of sp³-hybridized carbons (Fsp3) is 0.911. The van der Waals surface area contributed by atoms with E-state index in [9.17, 15) is 29.6 Å². The number of ether oxygens (including phenoxy) is 4. The van der Waals surface area contributed by atoms with Crippen molar-refractivity contribution in [2.45, 2.75) is 237 Å². The molecule has 4 saturated heterocycles. The Hall–Kier alpha value is -2.36. The first kappa shape index (κ1) is 47.7. The summed E-state index contributed by atoms with van der Waals surface area (Å²) in [5.41, 5.74) is -4.46. The molecular formula is C45H78N4O10. The van der Waals surface area contributed by atoms with Crippen molar-refractivity contribution in [1.82, 2.24) is 20.8 Å². The first-order valence-electron chi connectivity index (χ1n) is 21.9. The number of nitrogens with zero attached hydrogens (tertiary/aromatic N) is 2. The Kier molecular flexibility index (Phi) is 12.7. The minimum absolute atomic E-state index is 0.0496. The van der Waals surface area contributed by atoms with Gasteiger partial charge >= 0.3 is 23.9 Å². The van der Waals surface area contributed by atoms with E-state index in [1.807, 2.05) is 111 Å². The molecular weight excluding hydrogens is 757 g/mol. The highest BCUT2D eigenvalue weighted by molar-refractivity contribution is 5.76. The standard InChI is InChI=1S/C45H78N4O10/c1-38(2)18-26(19-39(3,4)46-38)34(50)56-30-17-31(57-35(51)28-22-42(9,10)48(54)43(11,12)23-28)32(58-36(52)27-20-40(5,6)47-41(7,8)21-27)33(30)59-37(53)29-24-44(13,14)49(55)45(15,16)25-29/h26-33,46-47,54-55H,17-25H2,1-16H3. The Morgan fingerprint density at radius 3 is 0.881 bits per heavy atom. The second kappa shape index (κ2) is 15.8. The van der Waals surface area contributed by atoms with E-state index < -0.39 is 94.1 Å². The van der Waals surface area contributed by atoms with Crippen LogP contribution in [0.1, 0.15) is 169 Å². The number of hydroxylamine groups is 4. The molecule has 4 heterocycles. The van der Waals surface area contributed by atoms with Crippen molar-refractivity contribution >= 4 is 23.9 Å². The van der Waals surface area contributed by atoms with Crippen LogP contribution in [0.3, 0.4) is 0 Å². The monoisotopic (exact) mass is 835 g/mol. The molecule has 1 saturated carbocycles. The number of carbonyl (C=O) groups is 4. The second-order valence-corrected chi connectivity index (χ2v) is 24.1. The van der Waals surface area contributed by atoms with Crippen LogP contribution in [0.15, 0.2) is 0 Å². The summed E-state index contributed by atoms with van der Waals surface area (Å²) in [6, 6.07) is 0. The van der Waals surface area contributed by atoms with Gasteiger partial charge in [-0.2, -0.15) is 10.1 Å². The van der Waals surface area contributed by atoms with Crippen LogP contribution in [-0.2, 0) is 38.1 Å².